The van der Waals surface area contributed by atoms with E-state index in [9.17, 15) is 13.2 Å². The van der Waals surface area contributed by atoms with Gasteiger partial charge in [0.25, 0.3) is 0 Å². The highest BCUT2D eigenvalue weighted by Crippen LogP contribution is 2.32. The van der Waals surface area contributed by atoms with Crippen LogP contribution in [0.5, 0.6) is 0 Å². The lowest BCUT2D eigenvalue weighted by Crippen LogP contribution is -2.31. The monoisotopic (exact) mass is 337 g/mol. The van der Waals surface area contributed by atoms with Gasteiger partial charge in [0.15, 0.2) is 0 Å². The van der Waals surface area contributed by atoms with Gasteiger partial charge in [-0.05, 0) is 37.4 Å². The van der Waals surface area contributed by atoms with Gasteiger partial charge in [0, 0.05) is 38.6 Å². The molecule has 3 nitrogen and oxygen atoms in total. The van der Waals surface area contributed by atoms with Crippen molar-refractivity contribution in [2.24, 2.45) is 0 Å². The van der Waals surface area contributed by atoms with Crippen LogP contribution in [0.2, 0.25) is 0 Å². The molecule has 0 bridgehead atoms. The van der Waals surface area contributed by atoms with Crippen LogP contribution >= 0.6 is 0 Å². The van der Waals surface area contributed by atoms with Crippen molar-refractivity contribution in [2.75, 3.05) is 27.2 Å². The summed E-state index contributed by atoms with van der Waals surface area (Å²) in [7, 11) is 3.90. The highest BCUT2D eigenvalue weighted by atomic mass is 19.4. The SMILES string of the molecule is CN(C)CCN(Cc1cccnc1)Cc1ccccc1C(F)(F)F. The normalized spacial score (nSPS) is 12.1. The summed E-state index contributed by atoms with van der Waals surface area (Å²) in [4.78, 5) is 8.11. The summed E-state index contributed by atoms with van der Waals surface area (Å²) in [5.41, 5.74) is 0.722. The lowest BCUT2D eigenvalue weighted by Gasteiger charge is -2.25. The van der Waals surface area contributed by atoms with Crippen LogP contribution < -0.4 is 0 Å². The number of likely N-dealkylation sites (N-methyl/N-ethyl adjacent to an activating group) is 1. The first-order valence-corrected chi connectivity index (χ1v) is 7.77. The van der Waals surface area contributed by atoms with E-state index < -0.39 is 11.7 Å². The van der Waals surface area contributed by atoms with E-state index in [2.05, 4.69) is 4.98 Å². The minimum Gasteiger partial charge on any atom is -0.308 e. The highest BCUT2D eigenvalue weighted by molar-refractivity contribution is 5.29. The first kappa shape index (κ1) is 18.4. The Kier molecular flexibility index (Phi) is 6.34. The predicted octanol–water partition coefficient (Wildman–Crippen LogP) is 3.66. The van der Waals surface area contributed by atoms with Gasteiger partial charge in [-0.1, -0.05) is 24.3 Å². The van der Waals surface area contributed by atoms with E-state index in [-0.39, 0.29) is 6.54 Å². The van der Waals surface area contributed by atoms with Crippen LogP contribution in [-0.2, 0) is 19.3 Å². The molecule has 0 saturated heterocycles. The molecule has 0 unspecified atom stereocenters. The molecule has 0 aliphatic heterocycles. The number of nitrogens with zero attached hydrogens (tertiary/aromatic N) is 3. The van der Waals surface area contributed by atoms with Crippen LogP contribution in [0.1, 0.15) is 16.7 Å². The Bertz CT molecular complexity index is 627. The first-order chi connectivity index (χ1) is 11.4. The van der Waals surface area contributed by atoms with Crippen LogP contribution in [0.4, 0.5) is 13.2 Å². The molecule has 6 heteroatoms. The number of halogens is 3. The summed E-state index contributed by atoms with van der Waals surface area (Å²) in [6.45, 7) is 2.26. The standard InChI is InChI=1S/C18H22F3N3/c1-23(2)10-11-24(13-15-6-5-9-22-12-15)14-16-7-3-4-8-17(16)18(19,20)21/h3-9,12H,10-11,13-14H2,1-2H3. The molecule has 130 valence electrons. The summed E-state index contributed by atoms with van der Waals surface area (Å²) < 4.78 is 39.6. The third-order valence-electron chi connectivity index (χ3n) is 3.71. The molecule has 0 saturated carbocycles. The summed E-state index contributed by atoms with van der Waals surface area (Å²) in [5, 5.41) is 0. The zero-order valence-corrected chi connectivity index (χ0v) is 13.9. The largest absolute Gasteiger partial charge is 0.416 e. The molecular formula is C18H22F3N3. The minimum atomic E-state index is -4.34. The highest BCUT2D eigenvalue weighted by Gasteiger charge is 2.33. The third-order valence-corrected chi connectivity index (χ3v) is 3.71. The quantitative estimate of drug-likeness (QED) is 0.769. The molecule has 0 radical (unpaired) electrons. The number of pyridine rings is 1. The van der Waals surface area contributed by atoms with E-state index >= 15 is 0 Å². The van der Waals surface area contributed by atoms with E-state index in [0.717, 1.165) is 18.2 Å². The second-order valence-electron chi connectivity index (χ2n) is 6.03. The topological polar surface area (TPSA) is 19.4 Å². The molecule has 0 amide bonds. The van der Waals surface area contributed by atoms with Gasteiger partial charge >= 0.3 is 6.18 Å². The van der Waals surface area contributed by atoms with Crippen molar-refractivity contribution >= 4 is 0 Å². The van der Waals surface area contributed by atoms with Crippen LogP contribution in [-0.4, -0.2) is 42.0 Å². The van der Waals surface area contributed by atoms with Crippen LogP contribution in [0.15, 0.2) is 48.8 Å². The Labute approximate surface area is 140 Å². The smallest absolute Gasteiger partial charge is 0.308 e. The Morgan fingerprint density at radius 1 is 0.958 bits per heavy atom. The molecule has 0 fully saturated rings. The summed E-state index contributed by atoms with van der Waals surface area (Å²) >= 11 is 0. The molecule has 1 aromatic heterocycles. The Morgan fingerprint density at radius 2 is 1.71 bits per heavy atom. The number of hydrogen-bond donors (Lipinski definition) is 0. The molecule has 0 aliphatic carbocycles. The first-order valence-electron chi connectivity index (χ1n) is 7.77. The van der Waals surface area contributed by atoms with Crippen molar-refractivity contribution < 1.29 is 13.2 Å². The molecule has 0 aliphatic rings. The fourth-order valence-electron chi connectivity index (χ4n) is 2.48. The van der Waals surface area contributed by atoms with Gasteiger partial charge in [0.1, 0.15) is 0 Å². The Hall–Kier alpha value is -1.92. The fraction of sp³-hybridized carbons (Fsp3) is 0.389. The Morgan fingerprint density at radius 3 is 2.33 bits per heavy atom. The molecule has 0 spiro atoms. The van der Waals surface area contributed by atoms with Crippen molar-refractivity contribution in [3.63, 3.8) is 0 Å². The third kappa shape index (κ3) is 5.62. The number of rotatable bonds is 7. The van der Waals surface area contributed by atoms with Gasteiger partial charge in [0.05, 0.1) is 5.56 Å². The number of aromatic nitrogens is 1. The lowest BCUT2D eigenvalue weighted by atomic mass is 10.1. The van der Waals surface area contributed by atoms with Crippen LogP contribution in [0, 0.1) is 0 Å². The molecule has 24 heavy (non-hydrogen) atoms. The van der Waals surface area contributed by atoms with Gasteiger partial charge in [0.2, 0.25) is 0 Å². The van der Waals surface area contributed by atoms with Crippen molar-refractivity contribution in [1.29, 1.82) is 0 Å². The molecule has 0 N–H and O–H groups in total. The summed E-state index contributed by atoms with van der Waals surface area (Å²) in [6, 6.07) is 9.54. The molecular weight excluding hydrogens is 315 g/mol. The van der Waals surface area contributed by atoms with E-state index in [4.69, 9.17) is 0 Å². The maximum Gasteiger partial charge on any atom is 0.416 e. The van der Waals surface area contributed by atoms with Crippen molar-refractivity contribution in [3.05, 3.63) is 65.5 Å². The molecule has 1 aromatic carbocycles. The van der Waals surface area contributed by atoms with Gasteiger partial charge < -0.3 is 4.90 Å². The zero-order valence-electron chi connectivity index (χ0n) is 13.9. The van der Waals surface area contributed by atoms with Crippen LogP contribution in [0.3, 0.4) is 0 Å². The van der Waals surface area contributed by atoms with Crippen molar-refractivity contribution in [3.8, 4) is 0 Å². The van der Waals surface area contributed by atoms with E-state index in [1.54, 1.807) is 24.5 Å². The second-order valence-corrected chi connectivity index (χ2v) is 6.03. The average Bonchev–Trinajstić information content (AvgIpc) is 2.53. The fourth-order valence-corrected chi connectivity index (χ4v) is 2.48. The molecule has 1 heterocycles. The summed E-state index contributed by atoms with van der Waals surface area (Å²) in [6.07, 6.45) is -0.900. The van der Waals surface area contributed by atoms with Crippen molar-refractivity contribution in [2.45, 2.75) is 19.3 Å². The predicted molar refractivity (Wildman–Crippen MR) is 88.3 cm³/mol. The number of benzene rings is 1. The minimum absolute atomic E-state index is 0.248. The summed E-state index contributed by atoms with van der Waals surface area (Å²) in [5.74, 6) is 0. The van der Waals surface area contributed by atoms with E-state index in [1.165, 1.54) is 6.07 Å². The maximum atomic E-state index is 13.2. The van der Waals surface area contributed by atoms with Gasteiger partial charge in [-0.15, -0.1) is 0 Å². The van der Waals surface area contributed by atoms with Gasteiger partial charge in [-0.25, -0.2) is 0 Å². The second kappa shape index (κ2) is 8.26. The van der Waals surface area contributed by atoms with E-state index in [1.807, 2.05) is 36.0 Å². The zero-order chi connectivity index (χ0) is 17.6. The van der Waals surface area contributed by atoms with Crippen LogP contribution in [0.25, 0.3) is 0 Å². The van der Waals surface area contributed by atoms with Gasteiger partial charge in [-0.2, -0.15) is 13.2 Å². The lowest BCUT2D eigenvalue weighted by molar-refractivity contribution is -0.138. The number of hydrogen-bond acceptors (Lipinski definition) is 3. The van der Waals surface area contributed by atoms with Crippen molar-refractivity contribution in [1.82, 2.24) is 14.8 Å². The molecule has 2 aromatic rings. The van der Waals surface area contributed by atoms with Gasteiger partial charge in [-0.3, -0.25) is 9.88 Å². The average molecular weight is 337 g/mol. The molecule has 2 rings (SSSR count). The Balaban J connectivity index is 2.19. The maximum absolute atomic E-state index is 13.2. The number of alkyl halides is 3. The van der Waals surface area contributed by atoms with E-state index in [0.29, 0.717) is 18.7 Å². The molecule has 0 atom stereocenters.